The molecule has 0 unspecified atom stereocenters. The summed E-state index contributed by atoms with van der Waals surface area (Å²) >= 11 is 0. The zero-order valence-electron chi connectivity index (χ0n) is 17.9. The third-order valence-corrected chi connectivity index (χ3v) is 5.76. The molecule has 4 aromatic rings. The van der Waals surface area contributed by atoms with Crippen LogP contribution in [0.5, 0.6) is 0 Å². The molecule has 1 aliphatic rings. The maximum Gasteiger partial charge on any atom is 0.247 e. The van der Waals surface area contributed by atoms with Crippen LogP contribution < -0.4 is 0 Å². The Morgan fingerprint density at radius 2 is 1.44 bits per heavy atom. The van der Waals surface area contributed by atoms with Crippen molar-refractivity contribution < 1.29 is 9.15 Å². The van der Waals surface area contributed by atoms with Crippen molar-refractivity contribution in [2.45, 2.75) is 31.4 Å². The molecule has 0 saturated carbocycles. The van der Waals surface area contributed by atoms with Crippen molar-refractivity contribution in [1.82, 2.24) is 10.2 Å². The average Bonchev–Trinajstić information content (AvgIpc) is 3.49. The van der Waals surface area contributed by atoms with Crippen LogP contribution in [0.15, 0.2) is 100 Å². The zero-order chi connectivity index (χ0) is 21.6. The SMILES string of the molecule is c1ccc(COC[C@@]2(Cc3nnc(-c4ccccc4)o3)CCC(c3ccccc3)=N2)cc1. The van der Waals surface area contributed by atoms with Crippen LogP contribution in [0.1, 0.15) is 29.9 Å². The monoisotopic (exact) mass is 423 g/mol. The van der Waals surface area contributed by atoms with E-state index in [0.29, 0.717) is 31.4 Å². The predicted octanol–water partition coefficient (Wildman–Crippen LogP) is 5.52. The first-order valence-corrected chi connectivity index (χ1v) is 10.9. The van der Waals surface area contributed by atoms with E-state index in [-0.39, 0.29) is 0 Å². The normalized spacial score (nSPS) is 17.9. The molecule has 0 fully saturated rings. The van der Waals surface area contributed by atoms with E-state index in [9.17, 15) is 0 Å². The number of nitrogens with zero attached hydrogens (tertiary/aromatic N) is 3. The summed E-state index contributed by atoms with van der Waals surface area (Å²) in [4.78, 5) is 5.16. The van der Waals surface area contributed by atoms with E-state index >= 15 is 0 Å². The van der Waals surface area contributed by atoms with E-state index in [1.165, 1.54) is 0 Å². The lowest BCUT2D eigenvalue weighted by Crippen LogP contribution is -2.33. The lowest BCUT2D eigenvalue weighted by Gasteiger charge is -2.24. The second kappa shape index (κ2) is 9.28. The van der Waals surface area contributed by atoms with Gasteiger partial charge >= 0.3 is 0 Å². The Kier molecular flexibility index (Phi) is 5.90. The summed E-state index contributed by atoms with van der Waals surface area (Å²) in [5.41, 5.74) is 3.92. The van der Waals surface area contributed by atoms with Crippen LogP contribution in [0.25, 0.3) is 11.5 Å². The van der Waals surface area contributed by atoms with Gasteiger partial charge in [-0.25, -0.2) is 0 Å². The van der Waals surface area contributed by atoms with Crippen LogP contribution in [0.3, 0.4) is 0 Å². The molecule has 1 aromatic heterocycles. The van der Waals surface area contributed by atoms with Gasteiger partial charge in [-0.05, 0) is 36.1 Å². The highest BCUT2D eigenvalue weighted by Crippen LogP contribution is 2.33. The van der Waals surface area contributed by atoms with Crippen LogP contribution in [0, 0.1) is 0 Å². The molecule has 0 aliphatic carbocycles. The topological polar surface area (TPSA) is 60.5 Å². The third kappa shape index (κ3) is 4.68. The van der Waals surface area contributed by atoms with Gasteiger partial charge in [-0.1, -0.05) is 78.9 Å². The third-order valence-electron chi connectivity index (χ3n) is 5.76. The van der Waals surface area contributed by atoms with Gasteiger partial charge in [0.05, 0.1) is 25.2 Å². The van der Waals surface area contributed by atoms with Crippen LogP contribution in [-0.4, -0.2) is 28.1 Å². The number of aromatic nitrogens is 2. The van der Waals surface area contributed by atoms with E-state index in [2.05, 4.69) is 34.5 Å². The summed E-state index contributed by atoms with van der Waals surface area (Å²) in [5, 5.41) is 8.58. The smallest absolute Gasteiger partial charge is 0.247 e. The Morgan fingerprint density at radius 1 is 0.781 bits per heavy atom. The van der Waals surface area contributed by atoms with Crippen molar-refractivity contribution in [1.29, 1.82) is 0 Å². The number of rotatable bonds is 8. The van der Waals surface area contributed by atoms with Gasteiger partial charge in [-0.15, -0.1) is 10.2 Å². The molecule has 5 rings (SSSR count). The van der Waals surface area contributed by atoms with Gasteiger partial charge in [0.15, 0.2) is 0 Å². The van der Waals surface area contributed by atoms with Crippen molar-refractivity contribution in [3.8, 4) is 11.5 Å². The summed E-state index contributed by atoms with van der Waals surface area (Å²) in [5.74, 6) is 1.12. The highest BCUT2D eigenvalue weighted by molar-refractivity contribution is 6.02. The van der Waals surface area contributed by atoms with Gasteiger partial charge in [0, 0.05) is 11.3 Å². The van der Waals surface area contributed by atoms with Crippen molar-refractivity contribution in [3.05, 3.63) is 108 Å². The standard InChI is InChI=1S/C27H25N3O2/c1-4-10-21(11-5-1)19-31-20-27(17-16-24(28-27)22-12-6-2-7-13-22)18-25-29-30-26(32-25)23-14-8-3-9-15-23/h1-15H,16-20H2/t27-/m0/s1. The van der Waals surface area contributed by atoms with Gasteiger partial charge in [-0.2, -0.15) is 0 Å². The summed E-state index contributed by atoms with van der Waals surface area (Å²) in [6.07, 6.45) is 2.34. The van der Waals surface area contributed by atoms with E-state index in [1.807, 2.05) is 66.7 Å². The second-order valence-corrected chi connectivity index (χ2v) is 8.17. The Hall–Kier alpha value is -3.57. The van der Waals surface area contributed by atoms with Crippen molar-refractivity contribution in [3.63, 3.8) is 0 Å². The molecule has 0 radical (unpaired) electrons. The van der Waals surface area contributed by atoms with E-state index < -0.39 is 5.54 Å². The molecule has 3 aromatic carbocycles. The van der Waals surface area contributed by atoms with Crippen LogP contribution >= 0.6 is 0 Å². The maximum absolute atomic E-state index is 6.16. The molecule has 0 saturated heterocycles. The molecule has 1 aliphatic heterocycles. The average molecular weight is 424 g/mol. The number of hydrogen-bond acceptors (Lipinski definition) is 5. The molecule has 5 heteroatoms. The fraction of sp³-hybridized carbons (Fsp3) is 0.222. The van der Waals surface area contributed by atoms with Crippen molar-refractivity contribution in [2.75, 3.05) is 6.61 Å². The Bertz CT molecular complexity index is 1170. The summed E-state index contributed by atoms with van der Waals surface area (Å²) < 4.78 is 12.2. The molecule has 0 spiro atoms. The number of hydrogen-bond donors (Lipinski definition) is 0. The largest absolute Gasteiger partial charge is 0.421 e. The zero-order valence-corrected chi connectivity index (χ0v) is 17.9. The summed E-state index contributed by atoms with van der Waals surface area (Å²) in [7, 11) is 0. The maximum atomic E-state index is 6.16. The van der Waals surface area contributed by atoms with Crippen LogP contribution in [0.4, 0.5) is 0 Å². The molecule has 160 valence electrons. The first kappa shape index (κ1) is 20.3. The van der Waals surface area contributed by atoms with Crippen LogP contribution in [-0.2, 0) is 17.8 Å². The van der Waals surface area contributed by atoms with Gasteiger partial charge in [0.25, 0.3) is 0 Å². The quantitative estimate of drug-likeness (QED) is 0.374. The first-order chi connectivity index (χ1) is 15.8. The summed E-state index contributed by atoms with van der Waals surface area (Å²) in [6.45, 7) is 1.05. The minimum Gasteiger partial charge on any atom is -0.421 e. The molecule has 2 heterocycles. The lowest BCUT2D eigenvalue weighted by molar-refractivity contribution is 0.0717. The minimum absolute atomic E-state index is 0.416. The molecule has 0 amide bonds. The highest BCUT2D eigenvalue weighted by atomic mass is 16.5. The van der Waals surface area contributed by atoms with Gasteiger partial charge < -0.3 is 9.15 Å². The van der Waals surface area contributed by atoms with Gasteiger partial charge in [0.2, 0.25) is 11.8 Å². The Labute approximate surface area is 187 Å². The van der Waals surface area contributed by atoms with Crippen molar-refractivity contribution >= 4 is 5.71 Å². The molecule has 5 nitrogen and oxygen atoms in total. The van der Waals surface area contributed by atoms with E-state index in [4.69, 9.17) is 14.1 Å². The number of ether oxygens (including phenoxy) is 1. The molecular weight excluding hydrogens is 398 g/mol. The van der Waals surface area contributed by atoms with Crippen molar-refractivity contribution in [2.24, 2.45) is 4.99 Å². The minimum atomic E-state index is -0.416. The van der Waals surface area contributed by atoms with Crippen LogP contribution in [0.2, 0.25) is 0 Å². The van der Waals surface area contributed by atoms with Gasteiger partial charge in [0.1, 0.15) is 0 Å². The molecule has 0 N–H and O–H groups in total. The predicted molar refractivity (Wildman–Crippen MR) is 124 cm³/mol. The molecule has 0 bridgehead atoms. The summed E-state index contributed by atoms with van der Waals surface area (Å²) in [6, 6.07) is 30.4. The Morgan fingerprint density at radius 3 is 2.16 bits per heavy atom. The first-order valence-electron chi connectivity index (χ1n) is 10.9. The highest BCUT2D eigenvalue weighted by Gasteiger charge is 2.37. The molecule has 1 atom stereocenters. The van der Waals surface area contributed by atoms with E-state index in [0.717, 1.165) is 35.2 Å². The number of benzene rings is 3. The Balaban J connectivity index is 1.37. The number of aliphatic imine (C=N–C) groups is 1. The fourth-order valence-corrected chi connectivity index (χ4v) is 4.11. The molecular formula is C27H25N3O2. The second-order valence-electron chi connectivity index (χ2n) is 8.17. The lowest BCUT2D eigenvalue weighted by atomic mass is 9.93. The fourth-order valence-electron chi connectivity index (χ4n) is 4.11. The van der Waals surface area contributed by atoms with Gasteiger partial charge in [-0.3, -0.25) is 4.99 Å². The van der Waals surface area contributed by atoms with E-state index in [1.54, 1.807) is 0 Å². The molecule has 32 heavy (non-hydrogen) atoms.